The molecule has 0 unspecified atom stereocenters. The first-order chi connectivity index (χ1) is 13.5. The lowest BCUT2D eigenvalue weighted by molar-refractivity contribution is -0.125. The molecule has 1 aliphatic heterocycles. The highest BCUT2D eigenvalue weighted by Crippen LogP contribution is 2.34. The summed E-state index contributed by atoms with van der Waals surface area (Å²) >= 11 is 0. The molecule has 28 heavy (non-hydrogen) atoms. The van der Waals surface area contributed by atoms with Crippen molar-refractivity contribution in [1.29, 1.82) is 0 Å². The minimum atomic E-state index is -0.802. The minimum Gasteiger partial charge on any atom is -0.497 e. The van der Waals surface area contributed by atoms with Crippen LogP contribution < -0.4 is 15.4 Å². The molecule has 0 saturated carbocycles. The maximum Gasteiger partial charge on any atom is 0.249 e. The summed E-state index contributed by atoms with van der Waals surface area (Å²) in [6.07, 6.45) is 1.52. The van der Waals surface area contributed by atoms with Crippen molar-refractivity contribution in [2.75, 3.05) is 17.7 Å². The highest BCUT2D eigenvalue weighted by Gasteiger charge is 2.33. The van der Waals surface area contributed by atoms with Crippen molar-refractivity contribution in [3.05, 3.63) is 60.5 Å². The fourth-order valence-electron chi connectivity index (χ4n) is 3.14. The highest BCUT2D eigenvalue weighted by atomic mass is 19.1. The standard InChI is InChI=1S/C20H17FN4O3/c1-28-15-4-2-3-14(9-15)23-20(27)17-10-18(26)24-19-16(11-22-25(17)19)12-5-7-13(21)8-6-12/h2-9,11,17H,10H2,1H3,(H,23,27)(H,24,26)/t17-/m1/s1. The van der Waals surface area contributed by atoms with Gasteiger partial charge in [-0.25, -0.2) is 9.07 Å². The van der Waals surface area contributed by atoms with E-state index in [1.54, 1.807) is 49.7 Å². The number of carbonyl (C=O) groups is 2. The molecule has 142 valence electrons. The van der Waals surface area contributed by atoms with Crippen molar-refractivity contribution in [1.82, 2.24) is 9.78 Å². The van der Waals surface area contributed by atoms with Crippen molar-refractivity contribution < 1.29 is 18.7 Å². The first kappa shape index (κ1) is 17.7. The molecule has 0 radical (unpaired) electrons. The Bertz CT molecular complexity index is 1050. The Morgan fingerprint density at radius 1 is 1.29 bits per heavy atom. The molecule has 1 aliphatic rings. The number of nitrogens with one attached hydrogen (secondary N) is 2. The van der Waals surface area contributed by atoms with Crippen molar-refractivity contribution in [3.63, 3.8) is 0 Å². The first-order valence-corrected chi connectivity index (χ1v) is 8.63. The Morgan fingerprint density at radius 2 is 2.07 bits per heavy atom. The molecule has 0 fully saturated rings. The van der Waals surface area contributed by atoms with Gasteiger partial charge in [0.2, 0.25) is 11.8 Å². The molecule has 8 heteroatoms. The second-order valence-electron chi connectivity index (χ2n) is 6.35. The van der Waals surface area contributed by atoms with Crippen LogP contribution in [0.5, 0.6) is 5.75 Å². The Kier molecular flexibility index (Phi) is 4.52. The molecule has 0 aliphatic carbocycles. The summed E-state index contributed by atoms with van der Waals surface area (Å²) < 4.78 is 19.8. The number of nitrogens with zero attached hydrogens (tertiary/aromatic N) is 2. The van der Waals surface area contributed by atoms with Gasteiger partial charge in [-0.2, -0.15) is 5.10 Å². The number of anilines is 2. The van der Waals surface area contributed by atoms with Crippen LogP contribution in [0.1, 0.15) is 12.5 Å². The third kappa shape index (κ3) is 3.32. The van der Waals surface area contributed by atoms with Crippen LogP contribution in [-0.4, -0.2) is 28.7 Å². The molecule has 0 saturated heterocycles. The topological polar surface area (TPSA) is 85.2 Å². The van der Waals surface area contributed by atoms with Gasteiger partial charge < -0.3 is 15.4 Å². The molecule has 3 aromatic rings. The van der Waals surface area contributed by atoms with Gasteiger partial charge in [0.05, 0.1) is 19.7 Å². The molecule has 2 heterocycles. The average molecular weight is 380 g/mol. The van der Waals surface area contributed by atoms with Gasteiger partial charge in [-0.3, -0.25) is 9.59 Å². The monoisotopic (exact) mass is 380 g/mol. The van der Waals surface area contributed by atoms with E-state index in [0.717, 1.165) is 0 Å². The Labute approximate surface area is 160 Å². The molecule has 7 nitrogen and oxygen atoms in total. The third-order valence-electron chi connectivity index (χ3n) is 4.52. The SMILES string of the molecule is COc1cccc(NC(=O)[C@H]2CC(=O)Nc3c(-c4ccc(F)cc4)cnn32)c1. The fourth-order valence-corrected chi connectivity index (χ4v) is 3.14. The van der Waals surface area contributed by atoms with Crippen LogP contribution in [0.3, 0.4) is 0 Å². The predicted octanol–water partition coefficient (Wildman–Crippen LogP) is 3.22. The molecule has 0 spiro atoms. The van der Waals surface area contributed by atoms with Crippen LogP contribution >= 0.6 is 0 Å². The van der Waals surface area contributed by atoms with Gasteiger partial charge in [0, 0.05) is 17.3 Å². The third-order valence-corrected chi connectivity index (χ3v) is 4.52. The van der Waals surface area contributed by atoms with Gasteiger partial charge >= 0.3 is 0 Å². The molecule has 1 atom stereocenters. The van der Waals surface area contributed by atoms with E-state index in [9.17, 15) is 14.0 Å². The van der Waals surface area contributed by atoms with E-state index < -0.39 is 6.04 Å². The molecule has 0 bridgehead atoms. The summed E-state index contributed by atoms with van der Waals surface area (Å²) in [5, 5.41) is 9.84. The van der Waals surface area contributed by atoms with E-state index in [4.69, 9.17) is 4.74 Å². The molecule has 2 aromatic carbocycles. The number of benzene rings is 2. The highest BCUT2D eigenvalue weighted by molar-refractivity contribution is 6.03. The number of hydrogen-bond donors (Lipinski definition) is 2. The van der Waals surface area contributed by atoms with Crippen LogP contribution in [0.25, 0.3) is 11.1 Å². The summed E-state index contributed by atoms with van der Waals surface area (Å²) in [5.41, 5.74) is 1.87. The number of amides is 2. The molecule has 4 rings (SSSR count). The van der Waals surface area contributed by atoms with E-state index >= 15 is 0 Å². The van der Waals surface area contributed by atoms with E-state index in [0.29, 0.717) is 28.4 Å². The predicted molar refractivity (Wildman–Crippen MR) is 102 cm³/mol. The van der Waals surface area contributed by atoms with Gasteiger partial charge in [-0.15, -0.1) is 0 Å². The number of fused-ring (bicyclic) bond motifs is 1. The summed E-state index contributed by atoms with van der Waals surface area (Å²) in [6, 6.07) is 12.0. The molecule has 1 aromatic heterocycles. The maximum absolute atomic E-state index is 13.2. The lowest BCUT2D eigenvalue weighted by atomic mass is 10.1. The van der Waals surface area contributed by atoms with Crippen LogP contribution in [0, 0.1) is 5.82 Å². The Morgan fingerprint density at radius 3 is 2.82 bits per heavy atom. The van der Waals surface area contributed by atoms with Crippen LogP contribution in [0.15, 0.2) is 54.7 Å². The number of ether oxygens (including phenoxy) is 1. The van der Waals surface area contributed by atoms with Gasteiger partial charge in [0.25, 0.3) is 0 Å². The minimum absolute atomic E-state index is 0.0344. The smallest absolute Gasteiger partial charge is 0.249 e. The normalized spacial score (nSPS) is 15.5. The second kappa shape index (κ2) is 7.15. The van der Waals surface area contributed by atoms with E-state index in [1.165, 1.54) is 16.8 Å². The summed E-state index contributed by atoms with van der Waals surface area (Å²) in [6.45, 7) is 0. The van der Waals surface area contributed by atoms with Crippen molar-refractivity contribution >= 4 is 23.3 Å². The van der Waals surface area contributed by atoms with E-state index in [1.807, 2.05) is 0 Å². The van der Waals surface area contributed by atoms with Gasteiger partial charge in [0.1, 0.15) is 23.4 Å². The van der Waals surface area contributed by atoms with Crippen molar-refractivity contribution in [3.8, 4) is 16.9 Å². The zero-order chi connectivity index (χ0) is 19.7. The first-order valence-electron chi connectivity index (χ1n) is 8.63. The van der Waals surface area contributed by atoms with E-state index in [2.05, 4.69) is 15.7 Å². The number of aromatic nitrogens is 2. The lowest BCUT2D eigenvalue weighted by Gasteiger charge is -2.24. The van der Waals surface area contributed by atoms with Crippen molar-refractivity contribution in [2.24, 2.45) is 0 Å². The van der Waals surface area contributed by atoms with Crippen LogP contribution in [0.4, 0.5) is 15.9 Å². The average Bonchev–Trinajstić information content (AvgIpc) is 3.11. The Hall–Kier alpha value is -3.68. The zero-order valence-corrected chi connectivity index (χ0v) is 15.0. The van der Waals surface area contributed by atoms with E-state index in [-0.39, 0.29) is 24.1 Å². The number of rotatable bonds is 4. The quantitative estimate of drug-likeness (QED) is 0.728. The summed E-state index contributed by atoms with van der Waals surface area (Å²) in [4.78, 5) is 25.0. The number of carbonyl (C=O) groups excluding carboxylic acids is 2. The fraction of sp³-hybridized carbons (Fsp3) is 0.150. The molecule has 2 N–H and O–H groups in total. The number of halogens is 1. The summed E-state index contributed by atoms with van der Waals surface area (Å²) in [7, 11) is 1.54. The maximum atomic E-state index is 13.2. The zero-order valence-electron chi connectivity index (χ0n) is 15.0. The molecule has 2 amide bonds. The van der Waals surface area contributed by atoms with Gasteiger partial charge in [-0.05, 0) is 29.8 Å². The Balaban J connectivity index is 1.64. The van der Waals surface area contributed by atoms with Gasteiger partial charge in [0.15, 0.2) is 0 Å². The lowest BCUT2D eigenvalue weighted by Crippen LogP contribution is -2.35. The van der Waals surface area contributed by atoms with Crippen LogP contribution in [-0.2, 0) is 9.59 Å². The van der Waals surface area contributed by atoms with Gasteiger partial charge in [-0.1, -0.05) is 18.2 Å². The largest absolute Gasteiger partial charge is 0.497 e. The number of hydrogen-bond acceptors (Lipinski definition) is 4. The molecular formula is C20H17FN4O3. The summed E-state index contributed by atoms with van der Waals surface area (Å²) in [5.74, 6) is 0.0100. The van der Waals surface area contributed by atoms with Crippen molar-refractivity contribution in [2.45, 2.75) is 12.5 Å². The molecular weight excluding hydrogens is 363 g/mol. The number of methoxy groups -OCH3 is 1. The van der Waals surface area contributed by atoms with Crippen LogP contribution in [0.2, 0.25) is 0 Å². The second-order valence-corrected chi connectivity index (χ2v) is 6.35.